The summed E-state index contributed by atoms with van der Waals surface area (Å²) in [7, 11) is 0. The lowest BCUT2D eigenvalue weighted by Crippen LogP contribution is -1.91. The van der Waals surface area contributed by atoms with E-state index >= 15 is 0 Å². The molecule has 0 aliphatic heterocycles. The van der Waals surface area contributed by atoms with E-state index in [1.165, 1.54) is 17.4 Å². The predicted molar refractivity (Wildman–Crippen MR) is 72.5 cm³/mol. The predicted octanol–water partition coefficient (Wildman–Crippen LogP) is 4.22. The van der Waals surface area contributed by atoms with Gasteiger partial charge in [0.15, 0.2) is 0 Å². The molecule has 1 N–H and O–H groups in total. The molecular weight excluding hydrogens is 273 g/mol. The average molecular weight is 286 g/mol. The minimum atomic E-state index is -0.441. The Kier molecular flexibility index (Phi) is 4.00. The van der Waals surface area contributed by atoms with Crippen molar-refractivity contribution in [1.82, 2.24) is 4.98 Å². The Hall–Kier alpha value is -0.970. The fraction of sp³-hybridized carbons (Fsp3) is 0.308. The third-order valence-electron chi connectivity index (χ3n) is 2.57. The van der Waals surface area contributed by atoms with Crippen LogP contribution in [0.2, 0.25) is 5.02 Å². The molecule has 1 aromatic heterocycles. The van der Waals surface area contributed by atoms with Crippen LogP contribution in [-0.4, -0.2) is 10.1 Å². The van der Waals surface area contributed by atoms with Crippen molar-refractivity contribution >= 4 is 22.9 Å². The fourth-order valence-electron chi connectivity index (χ4n) is 1.68. The highest BCUT2D eigenvalue weighted by Crippen LogP contribution is 2.34. The van der Waals surface area contributed by atoms with Crippen LogP contribution < -0.4 is 0 Å². The van der Waals surface area contributed by atoms with E-state index in [0.29, 0.717) is 11.6 Å². The van der Waals surface area contributed by atoms with Crippen LogP contribution in [0, 0.1) is 5.82 Å². The number of aliphatic hydroxyl groups is 1. The number of thiazole rings is 1. The number of aliphatic hydroxyl groups excluding tert-OH is 1. The van der Waals surface area contributed by atoms with Gasteiger partial charge in [0.25, 0.3) is 0 Å². The molecule has 5 heteroatoms. The standard InChI is InChI=1S/C13H13ClFNOS/c1-7(2)12-11(6-17)16-13(18-12)8-3-4-10(15)9(14)5-8/h3-5,7,17H,6H2,1-2H3. The number of nitrogens with zero attached hydrogens (tertiary/aromatic N) is 1. The highest BCUT2D eigenvalue weighted by Gasteiger charge is 2.15. The molecule has 0 atom stereocenters. The molecule has 0 amide bonds. The first-order valence-corrected chi connectivity index (χ1v) is 6.78. The summed E-state index contributed by atoms with van der Waals surface area (Å²) in [4.78, 5) is 5.43. The van der Waals surface area contributed by atoms with Crippen LogP contribution in [-0.2, 0) is 6.61 Å². The molecule has 0 spiro atoms. The number of halogens is 2. The second-order valence-electron chi connectivity index (χ2n) is 4.27. The van der Waals surface area contributed by atoms with Crippen molar-refractivity contribution in [1.29, 1.82) is 0 Å². The number of benzene rings is 1. The van der Waals surface area contributed by atoms with Gasteiger partial charge in [-0.3, -0.25) is 0 Å². The van der Waals surface area contributed by atoms with Gasteiger partial charge in [-0.1, -0.05) is 25.4 Å². The Labute approximate surface area is 114 Å². The number of rotatable bonds is 3. The van der Waals surface area contributed by atoms with Crippen LogP contribution in [0.3, 0.4) is 0 Å². The first kappa shape index (κ1) is 13.5. The molecule has 0 bridgehead atoms. The minimum absolute atomic E-state index is 0.0827. The Morgan fingerprint density at radius 1 is 1.44 bits per heavy atom. The normalized spacial score (nSPS) is 11.2. The largest absolute Gasteiger partial charge is 0.390 e. The Balaban J connectivity index is 2.47. The SMILES string of the molecule is CC(C)c1sc(-c2ccc(F)c(Cl)c2)nc1CO. The van der Waals surface area contributed by atoms with Crippen LogP contribution in [0.25, 0.3) is 10.6 Å². The highest BCUT2D eigenvalue weighted by atomic mass is 35.5. The molecule has 2 nitrogen and oxygen atoms in total. The molecule has 96 valence electrons. The molecule has 2 aromatic rings. The van der Waals surface area contributed by atoms with Gasteiger partial charge in [-0.2, -0.15) is 0 Å². The third-order valence-corrected chi connectivity index (χ3v) is 4.31. The van der Waals surface area contributed by atoms with E-state index in [4.69, 9.17) is 11.6 Å². The average Bonchev–Trinajstić information content (AvgIpc) is 2.77. The lowest BCUT2D eigenvalue weighted by molar-refractivity contribution is 0.276. The maximum Gasteiger partial charge on any atom is 0.141 e. The van der Waals surface area contributed by atoms with E-state index in [0.717, 1.165) is 15.4 Å². The van der Waals surface area contributed by atoms with E-state index in [1.807, 2.05) is 13.8 Å². The summed E-state index contributed by atoms with van der Waals surface area (Å²) in [6.45, 7) is 4.02. The van der Waals surface area contributed by atoms with Gasteiger partial charge < -0.3 is 5.11 Å². The molecule has 0 radical (unpaired) electrons. The van der Waals surface area contributed by atoms with Gasteiger partial charge in [0.1, 0.15) is 10.8 Å². The molecule has 0 unspecified atom stereocenters. The summed E-state index contributed by atoms with van der Waals surface area (Å²) in [5.41, 5.74) is 1.46. The zero-order valence-electron chi connectivity index (χ0n) is 10.1. The Morgan fingerprint density at radius 2 is 2.17 bits per heavy atom. The lowest BCUT2D eigenvalue weighted by Gasteiger charge is -2.01. The van der Waals surface area contributed by atoms with Crippen molar-refractivity contribution in [3.63, 3.8) is 0 Å². The smallest absolute Gasteiger partial charge is 0.141 e. The van der Waals surface area contributed by atoms with Crippen molar-refractivity contribution < 1.29 is 9.50 Å². The van der Waals surface area contributed by atoms with Gasteiger partial charge >= 0.3 is 0 Å². The summed E-state index contributed by atoms with van der Waals surface area (Å²) < 4.78 is 13.1. The van der Waals surface area contributed by atoms with Crippen molar-refractivity contribution in [2.45, 2.75) is 26.4 Å². The van der Waals surface area contributed by atoms with Crippen molar-refractivity contribution in [3.05, 3.63) is 39.6 Å². The van der Waals surface area contributed by atoms with E-state index < -0.39 is 5.82 Å². The van der Waals surface area contributed by atoms with E-state index in [9.17, 15) is 9.50 Å². The molecule has 2 rings (SSSR count). The second-order valence-corrected chi connectivity index (χ2v) is 5.71. The summed E-state index contributed by atoms with van der Waals surface area (Å²) >= 11 is 7.27. The maximum absolute atomic E-state index is 13.1. The molecular formula is C13H13ClFNOS. The first-order valence-electron chi connectivity index (χ1n) is 5.58. The summed E-state index contributed by atoms with van der Waals surface area (Å²) in [6.07, 6.45) is 0. The third kappa shape index (κ3) is 2.55. The molecule has 0 aliphatic rings. The lowest BCUT2D eigenvalue weighted by atomic mass is 10.1. The van der Waals surface area contributed by atoms with Crippen LogP contribution in [0.1, 0.15) is 30.3 Å². The second kappa shape index (κ2) is 5.34. The van der Waals surface area contributed by atoms with Gasteiger partial charge in [-0.15, -0.1) is 11.3 Å². The van der Waals surface area contributed by atoms with Gasteiger partial charge in [-0.25, -0.2) is 9.37 Å². The van der Waals surface area contributed by atoms with Crippen molar-refractivity contribution in [2.75, 3.05) is 0 Å². The van der Waals surface area contributed by atoms with Crippen LogP contribution >= 0.6 is 22.9 Å². The fourth-order valence-corrected chi connectivity index (χ4v) is 2.93. The molecule has 0 aliphatic carbocycles. The molecule has 18 heavy (non-hydrogen) atoms. The van der Waals surface area contributed by atoms with E-state index in [1.54, 1.807) is 12.1 Å². The number of aromatic nitrogens is 1. The molecule has 0 saturated heterocycles. The van der Waals surface area contributed by atoms with Crippen molar-refractivity contribution in [3.8, 4) is 10.6 Å². The minimum Gasteiger partial charge on any atom is -0.390 e. The zero-order valence-corrected chi connectivity index (χ0v) is 11.6. The number of hydrogen-bond donors (Lipinski definition) is 1. The zero-order chi connectivity index (χ0) is 13.3. The molecule has 1 heterocycles. The Bertz CT molecular complexity index is 568. The summed E-state index contributed by atoms with van der Waals surface area (Å²) in [5.74, 6) is -0.141. The topological polar surface area (TPSA) is 33.1 Å². The molecule has 1 aromatic carbocycles. The first-order chi connectivity index (χ1) is 8.52. The summed E-state index contributed by atoms with van der Waals surface area (Å²) in [6, 6.07) is 4.53. The van der Waals surface area contributed by atoms with Gasteiger partial charge in [0.05, 0.1) is 17.3 Å². The van der Waals surface area contributed by atoms with Crippen LogP contribution in [0.4, 0.5) is 4.39 Å². The molecule has 0 saturated carbocycles. The van der Waals surface area contributed by atoms with Gasteiger partial charge in [-0.05, 0) is 24.1 Å². The van der Waals surface area contributed by atoms with Gasteiger partial charge in [0, 0.05) is 10.4 Å². The highest BCUT2D eigenvalue weighted by molar-refractivity contribution is 7.15. The quantitative estimate of drug-likeness (QED) is 0.916. The van der Waals surface area contributed by atoms with Crippen molar-refractivity contribution in [2.24, 2.45) is 0 Å². The Morgan fingerprint density at radius 3 is 2.67 bits per heavy atom. The monoisotopic (exact) mass is 285 g/mol. The van der Waals surface area contributed by atoms with Gasteiger partial charge in [0.2, 0.25) is 0 Å². The van der Waals surface area contributed by atoms with E-state index in [2.05, 4.69) is 4.98 Å². The maximum atomic E-state index is 13.1. The molecule has 0 fully saturated rings. The summed E-state index contributed by atoms with van der Waals surface area (Å²) in [5, 5.41) is 10.1. The number of hydrogen-bond acceptors (Lipinski definition) is 3. The van der Waals surface area contributed by atoms with E-state index in [-0.39, 0.29) is 11.6 Å². The van der Waals surface area contributed by atoms with Crippen LogP contribution in [0.5, 0.6) is 0 Å². The van der Waals surface area contributed by atoms with Crippen LogP contribution in [0.15, 0.2) is 18.2 Å².